The third-order valence-corrected chi connectivity index (χ3v) is 4.28. The van der Waals surface area contributed by atoms with Crippen LogP contribution in [0.5, 0.6) is 0 Å². The van der Waals surface area contributed by atoms with Gasteiger partial charge in [0.2, 0.25) is 0 Å². The summed E-state index contributed by atoms with van der Waals surface area (Å²) in [7, 11) is -0.0386. The monoisotopic (exact) mass is 256 g/mol. The molecule has 18 heavy (non-hydrogen) atoms. The molecule has 1 rings (SSSR count). The highest BCUT2D eigenvalue weighted by Crippen LogP contribution is 2.38. The van der Waals surface area contributed by atoms with Gasteiger partial charge in [-0.15, -0.1) is 0 Å². The van der Waals surface area contributed by atoms with E-state index in [1.807, 2.05) is 13.8 Å². The van der Waals surface area contributed by atoms with E-state index in [-0.39, 0.29) is 18.0 Å². The lowest BCUT2D eigenvalue weighted by Gasteiger charge is -2.48. The third kappa shape index (κ3) is 3.50. The molecule has 0 aromatic carbocycles. The van der Waals surface area contributed by atoms with Gasteiger partial charge in [-0.25, -0.2) is 0 Å². The first-order valence-corrected chi connectivity index (χ1v) is 6.59. The van der Waals surface area contributed by atoms with E-state index >= 15 is 0 Å². The van der Waals surface area contributed by atoms with Crippen molar-refractivity contribution in [1.29, 1.82) is 0 Å². The maximum atomic E-state index is 9.59. The summed E-state index contributed by atoms with van der Waals surface area (Å²) >= 11 is 0. The minimum atomic E-state index is -0.593. The fourth-order valence-electron chi connectivity index (χ4n) is 1.48. The molecule has 1 atom stereocenters. The van der Waals surface area contributed by atoms with Gasteiger partial charge >= 0.3 is 14.4 Å². The van der Waals surface area contributed by atoms with Gasteiger partial charge in [0, 0.05) is 12.0 Å². The number of hydrogen-bond acceptors (Lipinski definition) is 4. The van der Waals surface area contributed by atoms with Gasteiger partial charge < -0.3 is 19.1 Å². The van der Waals surface area contributed by atoms with Crippen LogP contribution >= 0.6 is 0 Å². The highest BCUT2D eigenvalue weighted by Gasteiger charge is 2.47. The number of aliphatic hydroxyl groups is 1. The third-order valence-electron chi connectivity index (χ3n) is 4.28. The first kappa shape index (κ1) is 16.0. The molecule has 0 saturated carbocycles. The molecule has 6 heteroatoms. The fraction of sp³-hybridized carbons (Fsp3) is 1.00. The summed E-state index contributed by atoms with van der Waals surface area (Å²) in [5.74, 6) is 0. The number of aliphatic hydroxyl groups excluding tert-OH is 1. The molecule has 0 bridgehead atoms. The molecule has 1 saturated heterocycles. The fourth-order valence-corrected chi connectivity index (χ4v) is 1.48. The van der Waals surface area contributed by atoms with Crippen molar-refractivity contribution in [1.82, 2.24) is 0 Å². The van der Waals surface area contributed by atoms with E-state index in [1.54, 1.807) is 6.92 Å². The molecule has 1 N–H and O–H groups in total. The van der Waals surface area contributed by atoms with Crippen molar-refractivity contribution >= 4 is 14.4 Å². The van der Waals surface area contributed by atoms with Gasteiger partial charge in [0.15, 0.2) is 0 Å². The minimum Gasteiger partial charge on any atom is -0.434 e. The largest absolute Gasteiger partial charge is 0.441 e. The Bertz CT molecular complexity index is 290. The van der Waals surface area contributed by atoms with Crippen molar-refractivity contribution in [3.63, 3.8) is 0 Å². The van der Waals surface area contributed by atoms with Gasteiger partial charge in [-0.1, -0.05) is 13.8 Å². The second kappa shape index (κ2) is 5.16. The van der Waals surface area contributed by atoms with E-state index in [0.29, 0.717) is 14.0 Å². The molecule has 104 valence electrons. The van der Waals surface area contributed by atoms with Crippen LogP contribution < -0.4 is 0 Å². The van der Waals surface area contributed by atoms with E-state index in [9.17, 15) is 5.11 Å². The molecule has 0 aromatic heterocycles. The van der Waals surface area contributed by atoms with E-state index in [2.05, 4.69) is 27.7 Å². The maximum Gasteiger partial charge on any atom is 0.441 e. The average molecular weight is 256 g/mol. The van der Waals surface area contributed by atoms with Crippen LogP contribution in [-0.2, 0) is 14.0 Å². The predicted molar refractivity (Wildman–Crippen MR) is 74.6 cm³/mol. The molecule has 1 unspecified atom stereocenters. The molecular formula is C12H26B2O4. The molecule has 1 fully saturated rings. The first-order valence-electron chi connectivity index (χ1n) is 6.59. The van der Waals surface area contributed by atoms with Crippen molar-refractivity contribution < 1.29 is 19.1 Å². The topological polar surface area (TPSA) is 47.9 Å². The Morgan fingerprint density at radius 2 is 1.89 bits per heavy atom. The van der Waals surface area contributed by atoms with Crippen LogP contribution in [0, 0.1) is 5.41 Å². The molecule has 0 amide bonds. The van der Waals surface area contributed by atoms with Gasteiger partial charge in [-0.3, -0.25) is 0 Å². The van der Waals surface area contributed by atoms with Crippen LogP contribution in [0.1, 0.15) is 48.5 Å². The van der Waals surface area contributed by atoms with Crippen LogP contribution in [0.2, 0.25) is 0 Å². The van der Waals surface area contributed by atoms with Crippen molar-refractivity contribution in [2.75, 3.05) is 6.61 Å². The lowest BCUT2D eigenvalue weighted by Crippen LogP contribution is -2.57. The Morgan fingerprint density at radius 3 is 2.33 bits per heavy atom. The van der Waals surface area contributed by atoms with Gasteiger partial charge in [0.1, 0.15) is 0 Å². The summed E-state index contributed by atoms with van der Waals surface area (Å²) in [6.07, 6.45) is -0.537. The molecule has 0 aliphatic carbocycles. The quantitative estimate of drug-likeness (QED) is 0.771. The van der Waals surface area contributed by atoms with Crippen molar-refractivity contribution in [2.45, 2.75) is 65.8 Å². The molecule has 0 spiro atoms. The van der Waals surface area contributed by atoms with Crippen molar-refractivity contribution in [3.05, 3.63) is 0 Å². The SMILES string of the molecule is CC(O)C(C)(C)OBB1OCC(C)(C)C(C)(C)O1. The second-order valence-electron chi connectivity index (χ2n) is 6.84. The highest BCUT2D eigenvalue weighted by atomic mass is 16.6. The lowest BCUT2D eigenvalue weighted by atomic mass is 9.53. The summed E-state index contributed by atoms with van der Waals surface area (Å²) in [5.41, 5.74) is -0.874. The van der Waals surface area contributed by atoms with Crippen LogP contribution in [0.25, 0.3) is 0 Å². The molecule has 1 heterocycles. The predicted octanol–water partition coefficient (Wildman–Crippen LogP) is 1.35. The smallest absolute Gasteiger partial charge is 0.434 e. The Balaban J connectivity index is 2.52. The van der Waals surface area contributed by atoms with Crippen LogP contribution in [0.4, 0.5) is 0 Å². The van der Waals surface area contributed by atoms with Gasteiger partial charge in [0.05, 0.1) is 17.3 Å². The molecular weight excluding hydrogens is 230 g/mol. The normalized spacial score (nSPS) is 24.8. The Kier molecular flexibility index (Phi) is 4.59. The summed E-state index contributed by atoms with van der Waals surface area (Å²) in [5, 5.41) is 9.59. The van der Waals surface area contributed by atoms with Crippen molar-refractivity contribution in [2.24, 2.45) is 5.41 Å². The lowest BCUT2D eigenvalue weighted by molar-refractivity contribution is -0.0942. The Hall–Kier alpha value is -0.0301. The molecule has 0 radical (unpaired) electrons. The molecule has 1 aliphatic heterocycles. The van der Waals surface area contributed by atoms with E-state index in [1.165, 1.54) is 0 Å². The summed E-state index contributed by atoms with van der Waals surface area (Å²) in [6, 6.07) is 0. The number of rotatable bonds is 4. The van der Waals surface area contributed by atoms with Crippen LogP contribution in [-0.4, -0.2) is 43.4 Å². The van der Waals surface area contributed by atoms with Crippen molar-refractivity contribution in [3.8, 4) is 0 Å². The molecule has 0 aromatic rings. The van der Waals surface area contributed by atoms with Gasteiger partial charge in [-0.05, 0) is 34.6 Å². The summed E-state index contributed by atoms with van der Waals surface area (Å²) in [6.45, 7) is 14.5. The highest BCUT2D eigenvalue weighted by molar-refractivity contribution is 7.02. The van der Waals surface area contributed by atoms with Gasteiger partial charge in [-0.2, -0.15) is 0 Å². The van der Waals surface area contributed by atoms with Gasteiger partial charge in [0.25, 0.3) is 0 Å². The minimum absolute atomic E-state index is 0.0245. The zero-order valence-electron chi connectivity index (χ0n) is 12.7. The zero-order valence-corrected chi connectivity index (χ0v) is 12.7. The maximum absolute atomic E-state index is 9.59. The van der Waals surface area contributed by atoms with E-state index in [0.717, 1.165) is 0 Å². The van der Waals surface area contributed by atoms with Crippen LogP contribution in [0.3, 0.4) is 0 Å². The second-order valence-corrected chi connectivity index (χ2v) is 6.84. The van der Waals surface area contributed by atoms with E-state index < -0.39 is 11.7 Å². The Labute approximate surface area is 112 Å². The molecule has 1 aliphatic rings. The standard InChI is InChI=1S/C12H26B2O4/c1-9(15)11(4,5)17-13-14-16-8-10(2,3)12(6,7)18-14/h9,13,15H,8H2,1-7H3. The first-order chi connectivity index (χ1) is 7.98. The molecule has 4 nitrogen and oxygen atoms in total. The Morgan fingerprint density at radius 1 is 1.33 bits per heavy atom. The number of hydrogen-bond donors (Lipinski definition) is 1. The van der Waals surface area contributed by atoms with Crippen LogP contribution in [0.15, 0.2) is 0 Å². The van der Waals surface area contributed by atoms with E-state index in [4.69, 9.17) is 14.0 Å². The summed E-state index contributed by atoms with van der Waals surface area (Å²) in [4.78, 5) is 0. The summed E-state index contributed by atoms with van der Waals surface area (Å²) < 4.78 is 17.3. The average Bonchev–Trinajstić information content (AvgIpc) is 2.20. The zero-order chi connectivity index (χ0) is 14.2.